The normalized spacial score (nSPS) is 11.1. The van der Waals surface area contributed by atoms with Crippen molar-refractivity contribution < 1.29 is 27.2 Å². The van der Waals surface area contributed by atoms with Crippen molar-refractivity contribution in [3.8, 4) is 6.07 Å². The molecule has 0 unspecified atom stereocenters. The topological polar surface area (TPSA) is 98.4 Å². The van der Waals surface area contributed by atoms with Gasteiger partial charge in [0.15, 0.2) is 0 Å². The summed E-state index contributed by atoms with van der Waals surface area (Å²) in [4.78, 5) is 24.4. The first kappa shape index (κ1) is 18.5. The fourth-order valence-electron chi connectivity index (χ4n) is 1.64. The first-order valence-corrected chi connectivity index (χ1v) is 6.56. The van der Waals surface area contributed by atoms with Gasteiger partial charge in [-0.3, -0.25) is 15.0 Å². The zero-order chi connectivity index (χ0) is 17.3. The van der Waals surface area contributed by atoms with E-state index in [0.717, 1.165) is 0 Å². The lowest BCUT2D eigenvalue weighted by Gasteiger charge is -2.19. The van der Waals surface area contributed by atoms with Gasteiger partial charge in [0, 0.05) is 13.0 Å². The highest BCUT2D eigenvalue weighted by molar-refractivity contribution is 5.95. The third-order valence-corrected chi connectivity index (χ3v) is 2.57. The van der Waals surface area contributed by atoms with Crippen LogP contribution < -0.4 is 10.6 Å². The van der Waals surface area contributed by atoms with Crippen molar-refractivity contribution in [2.75, 3.05) is 19.6 Å². The summed E-state index contributed by atoms with van der Waals surface area (Å²) in [6, 6.07) is 4.02. The summed E-state index contributed by atoms with van der Waals surface area (Å²) in [5, 5.41) is 11.9. The summed E-state index contributed by atoms with van der Waals surface area (Å²) in [5.74, 6) is -0.230. The Morgan fingerprint density at radius 1 is 1.39 bits per heavy atom. The second-order valence-electron chi connectivity index (χ2n) is 4.54. The molecule has 0 aliphatic carbocycles. The highest BCUT2D eigenvalue weighted by Crippen LogP contribution is 2.11. The number of imide groups is 1. The van der Waals surface area contributed by atoms with Gasteiger partial charge in [0.25, 0.3) is 0 Å². The molecule has 126 valence electrons. The first-order valence-electron chi connectivity index (χ1n) is 6.56. The number of alkyl halides is 3. The van der Waals surface area contributed by atoms with E-state index in [1.54, 1.807) is 17.4 Å². The van der Waals surface area contributed by atoms with Crippen molar-refractivity contribution in [3.05, 3.63) is 24.2 Å². The number of amides is 3. The molecule has 0 aliphatic heterocycles. The molecule has 0 radical (unpaired) electrons. The average Bonchev–Trinajstić information content (AvgIpc) is 2.94. The lowest BCUT2D eigenvalue weighted by molar-refractivity contribution is -0.125. The van der Waals surface area contributed by atoms with E-state index < -0.39 is 24.7 Å². The van der Waals surface area contributed by atoms with E-state index in [-0.39, 0.29) is 26.1 Å². The molecule has 0 saturated heterocycles. The van der Waals surface area contributed by atoms with Crippen LogP contribution in [0.15, 0.2) is 22.8 Å². The molecule has 0 atom stereocenters. The minimum absolute atomic E-state index is 0.147. The number of nitriles is 1. The van der Waals surface area contributed by atoms with Crippen molar-refractivity contribution in [1.82, 2.24) is 15.5 Å². The molecular formula is C13H15F3N4O3. The Morgan fingerprint density at radius 3 is 2.70 bits per heavy atom. The van der Waals surface area contributed by atoms with Gasteiger partial charge in [-0.25, -0.2) is 4.79 Å². The van der Waals surface area contributed by atoms with Gasteiger partial charge in [0.05, 0.1) is 25.4 Å². The Labute approximate surface area is 130 Å². The number of urea groups is 1. The minimum Gasteiger partial charge on any atom is -0.468 e. The van der Waals surface area contributed by atoms with Crippen LogP contribution >= 0.6 is 0 Å². The van der Waals surface area contributed by atoms with Crippen molar-refractivity contribution in [1.29, 1.82) is 5.26 Å². The average molecular weight is 332 g/mol. The summed E-state index contributed by atoms with van der Waals surface area (Å²) >= 11 is 0. The number of carbonyl (C=O) groups excluding carboxylic acids is 2. The van der Waals surface area contributed by atoms with Gasteiger partial charge in [0.2, 0.25) is 5.91 Å². The van der Waals surface area contributed by atoms with Crippen LogP contribution in [0.4, 0.5) is 18.0 Å². The summed E-state index contributed by atoms with van der Waals surface area (Å²) in [5.41, 5.74) is 0. The number of carbonyl (C=O) groups is 2. The Balaban J connectivity index is 2.46. The van der Waals surface area contributed by atoms with Crippen molar-refractivity contribution >= 4 is 11.9 Å². The van der Waals surface area contributed by atoms with Crippen molar-refractivity contribution in [2.45, 2.75) is 19.1 Å². The van der Waals surface area contributed by atoms with Gasteiger partial charge in [-0.2, -0.15) is 18.4 Å². The van der Waals surface area contributed by atoms with E-state index in [4.69, 9.17) is 9.68 Å². The van der Waals surface area contributed by atoms with Crippen LogP contribution in [0, 0.1) is 11.3 Å². The van der Waals surface area contributed by atoms with Gasteiger partial charge in [0.1, 0.15) is 12.3 Å². The second kappa shape index (κ2) is 8.79. The molecule has 23 heavy (non-hydrogen) atoms. The van der Waals surface area contributed by atoms with Gasteiger partial charge < -0.3 is 9.73 Å². The van der Waals surface area contributed by atoms with Crippen LogP contribution in [0.25, 0.3) is 0 Å². The van der Waals surface area contributed by atoms with E-state index in [1.165, 1.54) is 16.5 Å². The molecule has 1 rings (SSSR count). The minimum atomic E-state index is -4.56. The highest BCUT2D eigenvalue weighted by atomic mass is 19.4. The smallest absolute Gasteiger partial charge is 0.405 e. The number of nitrogens with zero attached hydrogens (tertiary/aromatic N) is 2. The third-order valence-electron chi connectivity index (χ3n) is 2.57. The fraction of sp³-hybridized carbons (Fsp3) is 0.462. The molecule has 0 fully saturated rings. The number of hydrogen-bond acceptors (Lipinski definition) is 5. The summed E-state index contributed by atoms with van der Waals surface area (Å²) < 4.78 is 40.9. The predicted octanol–water partition coefficient (Wildman–Crippen LogP) is 1.38. The molecule has 0 saturated carbocycles. The maximum atomic E-state index is 11.9. The summed E-state index contributed by atoms with van der Waals surface area (Å²) in [6.45, 7) is -1.32. The van der Waals surface area contributed by atoms with Crippen LogP contribution in [-0.2, 0) is 11.3 Å². The number of hydrogen-bond donors (Lipinski definition) is 2. The van der Waals surface area contributed by atoms with E-state index in [1.807, 2.05) is 6.07 Å². The molecule has 1 aromatic heterocycles. The van der Waals surface area contributed by atoms with Gasteiger partial charge >= 0.3 is 12.2 Å². The SMILES string of the molecule is N#CCCN(CC(=O)NC(=O)NCC(F)(F)F)Cc1ccco1. The summed E-state index contributed by atoms with van der Waals surface area (Å²) in [6.07, 6.45) is -2.96. The predicted molar refractivity (Wildman–Crippen MR) is 71.8 cm³/mol. The number of furan rings is 1. The van der Waals surface area contributed by atoms with Crippen LogP contribution in [0.3, 0.4) is 0 Å². The molecule has 2 N–H and O–H groups in total. The van der Waals surface area contributed by atoms with Crippen LogP contribution in [0.5, 0.6) is 0 Å². The first-order chi connectivity index (χ1) is 10.8. The number of nitrogens with one attached hydrogen (secondary N) is 2. The number of halogens is 3. The Kier molecular flexibility index (Phi) is 7.08. The molecular weight excluding hydrogens is 317 g/mol. The van der Waals surface area contributed by atoms with Crippen molar-refractivity contribution in [3.63, 3.8) is 0 Å². The van der Waals surface area contributed by atoms with Gasteiger partial charge in [-0.05, 0) is 12.1 Å². The maximum Gasteiger partial charge on any atom is 0.405 e. The Hall–Kier alpha value is -2.54. The van der Waals surface area contributed by atoms with E-state index in [0.29, 0.717) is 5.76 Å². The molecule has 1 aromatic rings. The quantitative estimate of drug-likeness (QED) is 0.786. The van der Waals surface area contributed by atoms with E-state index in [2.05, 4.69) is 0 Å². The third kappa shape index (κ3) is 8.47. The molecule has 10 heteroatoms. The zero-order valence-electron chi connectivity index (χ0n) is 12.0. The zero-order valence-corrected chi connectivity index (χ0v) is 12.0. The molecule has 0 aliphatic rings. The standard InChI is InChI=1S/C13H15F3N4O3/c14-13(15,16)9-18-12(22)19-11(21)8-20(5-2-4-17)7-10-3-1-6-23-10/h1,3,6H,2,5,7-9H2,(H2,18,19,21,22). The molecule has 7 nitrogen and oxygen atoms in total. The second-order valence-corrected chi connectivity index (χ2v) is 4.54. The monoisotopic (exact) mass is 332 g/mol. The largest absolute Gasteiger partial charge is 0.468 e. The molecule has 0 spiro atoms. The molecule has 1 heterocycles. The van der Waals surface area contributed by atoms with Crippen molar-refractivity contribution in [2.24, 2.45) is 0 Å². The lowest BCUT2D eigenvalue weighted by Crippen LogP contribution is -2.46. The molecule has 3 amide bonds. The lowest BCUT2D eigenvalue weighted by atomic mass is 10.3. The van der Waals surface area contributed by atoms with Gasteiger partial charge in [-0.15, -0.1) is 0 Å². The molecule has 0 bridgehead atoms. The highest BCUT2D eigenvalue weighted by Gasteiger charge is 2.28. The fourth-order valence-corrected chi connectivity index (χ4v) is 1.64. The molecule has 0 aromatic carbocycles. The maximum absolute atomic E-state index is 11.9. The Morgan fingerprint density at radius 2 is 2.13 bits per heavy atom. The van der Waals surface area contributed by atoms with Crippen LogP contribution in [0.2, 0.25) is 0 Å². The van der Waals surface area contributed by atoms with Crippen LogP contribution in [0.1, 0.15) is 12.2 Å². The van der Waals surface area contributed by atoms with E-state index in [9.17, 15) is 22.8 Å². The summed E-state index contributed by atoms with van der Waals surface area (Å²) in [7, 11) is 0. The van der Waals surface area contributed by atoms with E-state index >= 15 is 0 Å². The number of rotatable bonds is 7. The Bertz CT molecular complexity index is 552. The van der Waals surface area contributed by atoms with Crippen LogP contribution in [-0.4, -0.2) is 42.6 Å². The van der Waals surface area contributed by atoms with Gasteiger partial charge in [-0.1, -0.05) is 0 Å².